The number of hydrogen-bond acceptors (Lipinski definition) is 11. The Morgan fingerprint density at radius 1 is 0.692 bits per heavy atom. The molecule has 0 N–H and O–H groups in total. The highest BCUT2D eigenvalue weighted by molar-refractivity contribution is 6.06. The van der Waals surface area contributed by atoms with Gasteiger partial charge in [-0.3, -0.25) is 28.8 Å². The predicted molar refractivity (Wildman–Crippen MR) is 186 cm³/mol. The Balaban J connectivity index is 0.846. The molecule has 4 atom stereocenters. The summed E-state index contributed by atoms with van der Waals surface area (Å²) in [5.41, 5.74) is 2.65. The predicted octanol–water partition coefficient (Wildman–Crippen LogP) is 6.98. The van der Waals surface area contributed by atoms with Crippen LogP contribution >= 0.6 is 0 Å². The Morgan fingerprint density at radius 3 is 2.12 bits per heavy atom. The SMILES string of the molecule is O=C1CC(C2CC3C(=O)OC(=O)C3c3cc(OC(=O)CCCCCCCCCOOc4ccc(C=CC(=O)c5ccccc5)cc4)ccc32)C(=O)O1. The number of rotatable bonds is 17. The van der Waals surface area contributed by atoms with E-state index >= 15 is 0 Å². The molecule has 3 aromatic rings. The average molecular weight is 709 g/mol. The third-order valence-corrected chi connectivity index (χ3v) is 9.71. The molecule has 0 saturated carbocycles. The zero-order chi connectivity index (χ0) is 36.5. The molecule has 0 amide bonds. The van der Waals surface area contributed by atoms with Crippen LogP contribution in [0.3, 0.4) is 0 Å². The molecule has 1 aliphatic carbocycles. The number of fused-ring (bicyclic) bond motifs is 3. The first-order valence-corrected chi connectivity index (χ1v) is 17.8. The summed E-state index contributed by atoms with van der Waals surface area (Å²) < 4.78 is 15.2. The van der Waals surface area contributed by atoms with Gasteiger partial charge >= 0.3 is 29.8 Å². The van der Waals surface area contributed by atoms with Gasteiger partial charge in [0.25, 0.3) is 0 Å². The normalized spacial score (nSPS) is 20.7. The van der Waals surface area contributed by atoms with Crippen LogP contribution < -0.4 is 9.62 Å². The molecule has 0 aromatic heterocycles. The molecule has 0 bridgehead atoms. The molecule has 11 nitrogen and oxygen atoms in total. The van der Waals surface area contributed by atoms with Crippen LogP contribution in [0.4, 0.5) is 0 Å². The first-order valence-electron chi connectivity index (χ1n) is 17.8. The number of unbranched alkanes of at least 4 members (excludes halogenated alkanes) is 6. The van der Waals surface area contributed by atoms with E-state index in [0.717, 1.165) is 44.1 Å². The van der Waals surface area contributed by atoms with Gasteiger partial charge in [-0.05, 0) is 72.2 Å². The summed E-state index contributed by atoms with van der Waals surface area (Å²) in [6, 6.07) is 21.3. The van der Waals surface area contributed by atoms with E-state index in [9.17, 15) is 28.8 Å². The fourth-order valence-electron chi connectivity index (χ4n) is 7.03. The third-order valence-electron chi connectivity index (χ3n) is 9.71. The Labute approximate surface area is 301 Å². The van der Waals surface area contributed by atoms with Gasteiger partial charge in [0.2, 0.25) is 0 Å². The minimum atomic E-state index is -0.851. The van der Waals surface area contributed by atoms with Crippen LogP contribution in [0.1, 0.15) is 103 Å². The van der Waals surface area contributed by atoms with Crippen molar-refractivity contribution in [3.8, 4) is 11.5 Å². The summed E-state index contributed by atoms with van der Waals surface area (Å²) in [6.07, 6.45) is 10.1. The summed E-state index contributed by atoms with van der Waals surface area (Å²) in [4.78, 5) is 84.8. The molecule has 11 heteroatoms. The van der Waals surface area contributed by atoms with Gasteiger partial charge in [-0.25, -0.2) is 0 Å². The van der Waals surface area contributed by atoms with E-state index in [4.69, 9.17) is 24.0 Å². The first-order chi connectivity index (χ1) is 25.3. The van der Waals surface area contributed by atoms with E-state index in [1.165, 1.54) is 0 Å². The average Bonchev–Trinajstić information content (AvgIpc) is 3.64. The molecule has 3 aliphatic rings. The quantitative estimate of drug-likeness (QED) is 0.0209. The minimum absolute atomic E-state index is 0.0548. The van der Waals surface area contributed by atoms with Gasteiger partial charge in [-0.15, -0.1) is 0 Å². The standard InChI is InChI=1S/C41H40O11/c42-35(27-11-7-6-8-12-27)21-16-26-14-17-28(18-15-26)52-48-22-10-5-3-1-2-4-9-13-36(43)49-29-19-20-30-31(33-25-37(44)50-39(33)45)24-34-38(32(30)23-29)41(47)51-40(34)46/h6-8,11-12,14-21,23,31,33-34,38H,1-5,9-10,13,22,24-25H2. The summed E-state index contributed by atoms with van der Waals surface area (Å²) in [6.45, 7) is 0.466. The van der Waals surface area contributed by atoms with Gasteiger partial charge in [-0.2, -0.15) is 4.89 Å². The van der Waals surface area contributed by atoms with Crippen LogP contribution in [-0.2, 0) is 38.3 Å². The van der Waals surface area contributed by atoms with Gasteiger partial charge in [-0.1, -0.05) is 86.7 Å². The number of carbonyl (C=O) groups excluding carboxylic acids is 6. The largest absolute Gasteiger partial charge is 0.427 e. The highest BCUT2D eigenvalue weighted by Crippen LogP contribution is 2.51. The van der Waals surface area contributed by atoms with Crippen LogP contribution in [-0.4, -0.2) is 42.2 Å². The number of ketones is 1. The number of allylic oxidation sites excluding steroid dienone is 1. The van der Waals surface area contributed by atoms with Crippen molar-refractivity contribution < 1.29 is 52.8 Å². The van der Waals surface area contributed by atoms with E-state index in [1.54, 1.807) is 54.6 Å². The maximum atomic E-state index is 12.6. The molecule has 6 rings (SSSR count). The van der Waals surface area contributed by atoms with Gasteiger partial charge in [0, 0.05) is 12.0 Å². The minimum Gasteiger partial charge on any atom is -0.427 e. The number of esters is 5. The molecular weight excluding hydrogens is 668 g/mol. The van der Waals surface area contributed by atoms with Crippen LogP contribution in [0.5, 0.6) is 11.5 Å². The number of cyclic esters (lactones) is 4. The number of hydrogen-bond donors (Lipinski definition) is 0. The van der Waals surface area contributed by atoms with E-state index in [-0.39, 0.29) is 30.8 Å². The van der Waals surface area contributed by atoms with Crippen LogP contribution in [0.25, 0.3) is 6.08 Å². The lowest BCUT2D eigenvalue weighted by molar-refractivity contribution is -0.207. The number of ether oxygens (including phenoxy) is 3. The van der Waals surface area contributed by atoms with Crippen molar-refractivity contribution >= 4 is 41.7 Å². The van der Waals surface area contributed by atoms with Gasteiger partial charge < -0.3 is 19.1 Å². The van der Waals surface area contributed by atoms with Crippen molar-refractivity contribution in [1.82, 2.24) is 0 Å². The molecule has 2 aliphatic heterocycles. The molecule has 2 heterocycles. The first kappa shape index (κ1) is 36.4. The third kappa shape index (κ3) is 9.08. The maximum Gasteiger partial charge on any atom is 0.321 e. The van der Waals surface area contributed by atoms with Crippen LogP contribution in [0.2, 0.25) is 0 Å². The Morgan fingerprint density at radius 2 is 1.38 bits per heavy atom. The summed E-state index contributed by atoms with van der Waals surface area (Å²) in [5, 5.41) is 0. The molecule has 0 radical (unpaired) electrons. The van der Waals surface area contributed by atoms with Crippen molar-refractivity contribution in [1.29, 1.82) is 0 Å². The van der Waals surface area contributed by atoms with Crippen molar-refractivity contribution in [2.24, 2.45) is 11.8 Å². The Kier molecular flexibility index (Phi) is 12.0. The van der Waals surface area contributed by atoms with E-state index < -0.39 is 53.5 Å². The fourth-order valence-corrected chi connectivity index (χ4v) is 7.03. The van der Waals surface area contributed by atoms with Crippen LogP contribution in [0.15, 0.2) is 78.9 Å². The fraction of sp³-hybridized carbons (Fsp3) is 0.366. The topological polar surface area (TPSA) is 149 Å². The Hall–Kier alpha value is -5.42. The van der Waals surface area contributed by atoms with Crippen LogP contribution in [0, 0.1) is 11.8 Å². The van der Waals surface area contributed by atoms with Gasteiger partial charge in [0.15, 0.2) is 11.5 Å². The number of carbonyl (C=O) groups is 6. The lowest BCUT2D eigenvalue weighted by atomic mass is 9.67. The molecule has 2 fully saturated rings. The molecule has 0 spiro atoms. The highest BCUT2D eigenvalue weighted by Gasteiger charge is 2.54. The molecule has 270 valence electrons. The maximum absolute atomic E-state index is 12.6. The summed E-state index contributed by atoms with van der Waals surface area (Å²) >= 11 is 0. The lowest BCUT2D eigenvalue weighted by Crippen LogP contribution is -2.31. The van der Waals surface area contributed by atoms with Crippen molar-refractivity contribution in [2.75, 3.05) is 6.61 Å². The van der Waals surface area contributed by atoms with Gasteiger partial charge in [0.05, 0.1) is 30.8 Å². The Bertz CT molecular complexity index is 1830. The zero-order valence-corrected chi connectivity index (χ0v) is 28.7. The highest BCUT2D eigenvalue weighted by atomic mass is 17.2. The van der Waals surface area contributed by atoms with Crippen molar-refractivity contribution in [2.45, 2.75) is 76.0 Å². The second kappa shape index (κ2) is 17.2. The molecule has 4 unspecified atom stereocenters. The van der Waals surface area contributed by atoms with Crippen molar-refractivity contribution in [3.05, 3.63) is 101 Å². The lowest BCUT2D eigenvalue weighted by Gasteiger charge is -2.33. The molecule has 2 saturated heterocycles. The molecular formula is C41H40O11. The van der Waals surface area contributed by atoms with Gasteiger partial charge in [0.1, 0.15) is 5.75 Å². The summed E-state index contributed by atoms with van der Waals surface area (Å²) in [5.74, 6) is -5.11. The monoisotopic (exact) mass is 708 g/mol. The van der Waals surface area contributed by atoms with E-state index in [1.807, 2.05) is 30.3 Å². The van der Waals surface area contributed by atoms with Crippen molar-refractivity contribution in [3.63, 3.8) is 0 Å². The molecule has 3 aromatic carbocycles. The van der Waals surface area contributed by atoms with E-state index in [2.05, 4.69) is 0 Å². The molecule has 52 heavy (non-hydrogen) atoms. The second-order valence-corrected chi connectivity index (χ2v) is 13.3. The summed E-state index contributed by atoms with van der Waals surface area (Å²) in [7, 11) is 0. The number of benzene rings is 3. The second-order valence-electron chi connectivity index (χ2n) is 13.3. The zero-order valence-electron chi connectivity index (χ0n) is 28.7. The smallest absolute Gasteiger partial charge is 0.321 e. The van der Waals surface area contributed by atoms with E-state index in [0.29, 0.717) is 35.5 Å².